The first-order chi connectivity index (χ1) is 9.45. The number of hydrogen-bond donors (Lipinski definition) is 1. The maximum atomic E-state index is 13.9. The highest BCUT2D eigenvalue weighted by atomic mass is 19.1. The predicted molar refractivity (Wildman–Crippen MR) is 69.1 cm³/mol. The van der Waals surface area contributed by atoms with Crippen molar-refractivity contribution in [3.8, 4) is 5.75 Å². The molecule has 2 atom stereocenters. The number of aliphatic carboxylic acids is 1. The quantitative estimate of drug-likeness (QED) is 0.914. The number of methoxy groups -OCH3 is 1. The zero-order valence-electron chi connectivity index (χ0n) is 11.3. The topological polar surface area (TPSA) is 66.8 Å². The van der Waals surface area contributed by atoms with Gasteiger partial charge in [-0.05, 0) is 18.1 Å². The number of nitrogens with zero attached hydrogens (tertiary/aromatic N) is 1. The van der Waals surface area contributed by atoms with Crippen LogP contribution in [0.25, 0.3) is 0 Å². The van der Waals surface area contributed by atoms with Gasteiger partial charge in [0, 0.05) is 13.1 Å². The molecule has 1 aliphatic rings. The van der Waals surface area contributed by atoms with Crippen molar-refractivity contribution in [1.82, 2.24) is 4.90 Å². The molecule has 0 aliphatic carbocycles. The summed E-state index contributed by atoms with van der Waals surface area (Å²) >= 11 is 0. The fraction of sp³-hybridized carbons (Fsp3) is 0.429. The number of carboxylic acids is 1. The van der Waals surface area contributed by atoms with Gasteiger partial charge in [0.2, 0.25) is 0 Å². The van der Waals surface area contributed by atoms with Crippen molar-refractivity contribution in [2.24, 2.45) is 11.8 Å². The standard InChI is InChI=1S/C14H16FNO4/c1-8-6-16(7-9(8)14(18)19)13(17)12-10(15)4-3-5-11(12)20-2/h3-5,8-9H,6-7H2,1-2H3,(H,18,19)/t8-,9-/m1/s1. The molecule has 20 heavy (non-hydrogen) atoms. The summed E-state index contributed by atoms with van der Waals surface area (Å²) in [6, 6.07) is 4.14. The van der Waals surface area contributed by atoms with Crippen LogP contribution in [0.4, 0.5) is 4.39 Å². The zero-order chi connectivity index (χ0) is 14.9. The second-order valence-corrected chi connectivity index (χ2v) is 4.95. The lowest BCUT2D eigenvalue weighted by Gasteiger charge is -2.18. The molecule has 5 nitrogen and oxygen atoms in total. The van der Waals surface area contributed by atoms with E-state index in [0.717, 1.165) is 0 Å². The van der Waals surface area contributed by atoms with Crippen LogP contribution in [0.1, 0.15) is 17.3 Å². The Bertz CT molecular complexity index is 546. The molecule has 0 saturated carbocycles. The van der Waals surface area contributed by atoms with Crippen molar-refractivity contribution in [3.05, 3.63) is 29.6 Å². The smallest absolute Gasteiger partial charge is 0.308 e. The number of carbonyl (C=O) groups excluding carboxylic acids is 1. The third kappa shape index (κ3) is 2.45. The largest absolute Gasteiger partial charge is 0.496 e. The van der Waals surface area contributed by atoms with Crippen LogP contribution in [0.5, 0.6) is 5.75 Å². The van der Waals surface area contributed by atoms with E-state index in [2.05, 4.69) is 0 Å². The van der Waals surface area contributed by atoms with Crippen LogP contribution in [0, 0.1) is 17.7 Å². The number of halogens is 1. The van der Waals surface area contributed by atoms with Crippen LogP contribution in [-0.2, 0) is 4.79 Å². The number of ether oxygens (including phenoxy) is 1. The molecule has 1 saturated heterocycles. The molecule has 0 spiro atoms. The molecule has 1 aliphatic heterocycles. The lowest BCUT2D eigenvalue weighted by Crippen LogP contribution is -2.31. The maximum Gasteiger partial charge on any atom is 0.308 e. The first-order valence-electron chi connectivity index (χ1n) is 6.30. The number of benzene rings is 1. The van der Waals surface area contributed by atoms with Crippen molar-refractivity contribution < 1.29 is 23.8 Å². The van der Waals surface area contributed by atoms with Gasteiger partial charge in [0.25, 0.3) is 5.91 Å². The number of amides is 1. The fourth-order valence-electron chi connectivity index (χ4n) is 2.49. The van der Waals surface area contributed by atoms with E-state index < -0.39 is 23.6 Å². The van der Waals surface area contributed by atoms with Crippen molar-refractivity contribution in [3.63, 3.8) is 0 Å². The van der Waals surface area contributed by atoms with Crippen LogP contribution in [-0.4, -0.2) is 42.1 Å². The normalized spacial score (nSPS) is 21.9. The Kier molecular flexibility index (Phi) is 3.92. The molecule has 1 heterocycles. The SMILES string of the molecule is COc1cccc(F)c1C(=O)N1C[C@@H](C)[C@H](C(=O)O)C1. The van der Waals surface area contributed by atoms with Crippen LogP contribution < -0.4 is 4.74 Å². The average molecular weight is 281 g/mol. The molecule has 0 aromatic heterocycles. The molecule has 0 radical (unpaired) electrons. The Balaban J connectivity index is 2.28. The second kappa shape index (κ2) is 5.48. The summed E-state index contributed by atoms with van der Waals surface area (Å²) in [5.74, 6) is -2.75. The molecule has 6 heteroatoms. The highest BCUT2D eigenvalue weighted by Crippen LogP contribution is 2.28. The second-order valence-electron chi connectivity index (χ2n) is 4.95. The molecule has 1 fully saturated rings. The van der Waals surface area contributed by atoms with E-state index in [4.69, 9.17) is 9.84 Å². The van der Waals surface area contributed by atoms with E-state index in [1.54, 1.807) is 6.92 Å². The number of rotatable bonds is 3. The first-order valence-corrected chi connectivity index (χ1v) is 6.30. The molecule has 2 rings (SSSR count). The van der Waals surface area contributed by atoms with E-state index >= 15 is 0 Å². The number of carboxylic acid groups (broad SMARTS) is 1. The van der Waals surface area contributed by atoms with Gasteiger partial charge in [-0.15, -0.1) is 0 Å². The van der Waals surface area contributed by atoms with Crippen LogP contribution in [0.15, 0.2) is 18.2 Å². The lowest BCUT2D eigenvalue weighted by atomic mass is 9.99. The van der Waals surface area contributed by atoms with E-state index in [0.29, 0.717) is 6.54 Å². The highest BCUT2D eigenvalue weighted by Gasteiger charge is 2.38. The van der Waals surface area contributed by atoms with Crippen molar-refractivity contribution in [2.75, 3.05) is 20.2 Å². The summed E-state index contributed by atoms with van der Waals surface area (Å²) in [6.45, 7) is 2.16. The van der Waals surface area contributed by atoms with Gasteiger partial charge in [-0.1, -0.05) is 13.0 Å². The molecular formula is C14H16FNO4. The Morgan fingerprint density at radius 3 is 2.65 bits per heavy atom. The molecule has 1 aromatic rings. The summed E-state index contributed by atoms with van der Waals surface area (Å²) in [4.78, 5) is 24.8. The van der Waals surface area contributed by atoms with E-state index in [1.165, 1.54) is 30.2 Å². The van der Waals surface area contributed by atoms with Crippen LogP contribution in [0.2, 0.25) is 0 Å². The van der Waals surface area contributed by atoms with Crippen molar-refractivity contribution in [1.29, 1.82) is 0 Å². The van der Waals surface area contributed by atoms with Crippen LogP contribution >= 0.6 is 0 Å². The van der Waals surface area contributed by atoms with Gasteiger partial charge < -0.3 is 14.7 Å². The van der Waals surface area contributed by atoms with Crippen molar-refractivity contribution >= 4 is 11.9 Å². The van der Waals surface area contributed by atoms with Gasteiger partial charge in [-0.3, -0.25) is 9.59 Å². The minimum atomic E-state index is -0.937. The van der Waals surface area contributed by atoms with Gasteiger partial charge >= 0.3 is 5.97 Å². The Morgan fingerprint density at radius 1 is 1.40 bits per heavy atom. The summed E-state index contributed by atoms with van der Waals surface area (Å²) in [6.07, 6.45) is 0. The van der Waals surface area contributed by atoms with Gasteiger partial charge in [0.05, 0.1) is 13.0 Å². The molecule has 1 N–H and O–H groups in total. The zero-order valence-corrected chi connectivity index (χ0v) is 11.3. The summed E-state index contributed by atoms with van der Waals surface area (Å²) in [5.41, 5.74) is -0.145. The third-order valence-corrected chi connectivity index (χ3v) is 3.63. The first kappa shape index (κ1) is 14.3. The minimum Gasteiger partial charge on any atom is -0.496 e. The monoisotopic (exact) mass is 281 g/mol. The van der Waals surface area contributed by atoms with E-state index in [9.17, 15) is 14.0 Å². The van der Waals surface area contributed by atoms with Gasteiger partial charge in [-0.2, -0.15) is 0 Å². The molecule has 1 amide bonds. The fourth-order valence-corrected chi connectivity index (χ4v) is 2.49. The molecule has 108 valence electrons. The lowest BCUT2D eigenvalue weighted by molar-refractivity contribution is -0.142. The number of hydrogen-bond acceptors (Lipinski definition) is 3. The molecule has 0 unspecified atom stereocenters. The molecular weight excluding hydrogens is 265 g/mol. The van der Waals surface area contributed by atoms with Gasteiger partial charge in [-0.25, -0.2) is 4.39 Å². The van der Waals surface area contributed by atoms with Gasteiger partial charge in [0.1, 0.15) is 17.1 Å². The van der Waals surface area contributed by atoms with E-state index in [1.807, 2.05) is 0 Å². The summed E-state index contributed by atoms with van der Waals surface area (Å²) in [7, 11) is 1.36. The third-order valence-electron chi connectivity index (χ3n) is 3.63. The minimum absolute atomic E-state index is 0.0901. The molecule has 1 aromatic carbocycles. The average Bonchev–Trinajstić information content (AvgIpc) is 2.80. The van der Waals surface area contributed by atoms with E-state index in [-0.39, 0.29) is 23.8 Å². The number of carbonyl (C=O) groups is 2. The number of likely N-dealkylation sites (tertiary alicyclic amines) is 1. The predicted octanol–water partition coefficient (Wildman–Crippen LogP) is 1.63. The Hall–Kier alpha value is -2.11. The Morgan fingerprint density at radius 2 is 2.10 bits per heavy atom. The maximum absolute atomic E-state index is 13.9. The summed E-state index contributed by atoms with van der Waals surface area (Å²) < 4.78 is 18.9. The van der Waals surface area contributed by atoms with Crippen LogP contribution in [0.3, 0.4) is 0 Å². The summed E-state index contributed by atoms with van der Waals surface area (Å²) in [5, 5.41) is 9.07. The Labute approximate surface area is 116 Å². The van der Waals surface area contributed by atoms with Crippen molar-refractivity contribution in [2.45, 2.75) is 6.92 Å². The van der Waals surface area contributed by atoms with Gasteiger partial charge in [0.15, 0.2) is 0 Å². The highest BCUT2D eigenvalue weighted by molar-refractivity contribution is 5.97. The molecule has 0 bridgehead atoms.